The van der Waals surface area contributed by atoms with Crippen LogP contribution >= 0.6 is 11.6 Å². The molecule has 0 bridgehead atoms. The third kappa shape index (κ3) is 4.32. The lowest BCUT2D eigenvalue weighted by molar-refractivity contribution is -0.150. The van der Waals surface area contributed by atoms with Crippen molar-refractivity contribution in [3.8, 4) is 0 Å². The second kappa shape index (κ2) is 8.69. The Bertz CT molecular complexity index is 945. The smallest absolute Gasteiger partial charge is 0.322 e. The number of piperidine rings is 1. The zero-order valence-corrected chi connectivity index (χ0v) is 19.4. The van der Waals surface area contributed by atoms with Gasteiger partial charge < -0.3 is 29.9 Å². The van der Waals surface area contributed by atoms with E-state index in [-0.39, 0.29) is 35.0 Å². The molecule has 180 valence electrons. The second-order valence-corrected chi connectivity index (χ2v) is 10.2. The van der Waals surface area contributed by atoms with Gasteiger partial charge in [-0.05, 0) is 62.8 Å². The van der Waals surface area contributed by atoms with E-state index < -0.39 is 24.1 Å². The van der Waals surface area contributed by atoms with Gasteiger partial charge in [0.15, 0.2) is 6.23 Å². The Kier molecular flexibility index (Phi) is 6.01. The fourth-order valence-electron chi connectivity index (χ4n) is 5.36. The lowest BCUT2D eigenvalue weighted by atomic mass is 9.90. The van der Waals surface area contributed by atoms with Crippen molar-refractivity contribution in [1.29, 1.82) is 0 Å². The quantitative estimate of drug-likeness (QED) is 0.691. The molecule has 3 heterocycles. The molecule has 4 aliphatic rings. The summed E-state index contributed by atoms with van der Waals surface area (Å²) in [5.41, 5.74) is 0.537. The van der Waals surface area contributed by atoms with Crippen molar-refractivity contribution in [2.45, 2.75) is 57.0 Å². The summed E-state index contributed by atoms with van der Waals surface area (Å²) >= 11 is 5.80. The van der Waals surface area contributed by atoms with Gasteiger partial charge in [-0.2, -0.15) is 0 Å². The molecule has 4 atom stereocenters. The number of β-amino-alcohol motifs (C(OH)–C–C–N with tert-alkyl or cyclic N) is 1. The van der Waals surface area contributed by atoms with Gasteiger partial charge in [0, 0.05) is 18.8 Å². The van der Waals surface area contributed by atoms with E-state index in [2.05, 4.69) is 10.2 Å². The summed E-state index contributed by atoms with van der Waals surface area (Å²) in [6.07, 6.45) is 3.36. The fourth-order valence-corrected chi connectivity index (χ4v) is 5.54. The highest BCUT2D eigenvalue weighted by Crippen LogP contribution is 2.53. The summed E-state index contributed by atoms with van der Waals surface area (Å²) in [5.74, 6) is -0.708. The molecule has 0 radical (unpaired) electrons. The average Bonchev–Trinajstić information content (AvgIpc) is 3.46. The summed E-state index contributed by atoms with van der Waals surface area (Å²) in [4.78, 5) is 31.5. The number of aliphatic hydroxyl groups is 1. The standard InChI is InChI=1S/C23H30ClFN4O4/c1-14-21(31)29-16(4-8-27-9-7-23(5-6-23)19(30)11-27)13-33-20(29)12-28(14)22(32)26-15-2-3-18(25)17(24)10-15/h2-3,10,14,16,19-20,30H,4-9,11-13H2,1H3,(H,26,32)/t14-,16-,19+,20?/m0/s1. The number of carbonyl (C=O) groups is 2. The number of fused-ring (bicyclic) bond motifs is 1. The van der Waals surface area contributed by atoms with E-state index in [0.717, 1.165) is 38.8 Å². The summed E-state index contributed by atoms with van der Waals surface area (Å²) < 4.78 is 19.3. The lowest BCUT2D eigenvalue weighted by Gasteiger charge is -2.42. The topological polar surface area (TPSA) is 85.4 Å². The number of piperazine rings is 1. The minimum absolute atomic E-state index is 0.0416. The monoisotopic (exact) mass is 480 g/mol. The molecule has 5 rings (SSSR count). The van der Waals surface area contributed by atoms with Gasteiger partial charge in [-0.1, -0.05) is 11.6 Å². The molecule has 33 heavy (non-hydrogen) atoms. The van der Waals surface area contributed by atoms with E-state index in [4.69, 9.17) is 16.3 Å². The zero-order valence-electron chi connectivity index (χ0n) is 18.7. The summed E-state index contributed by atoms with van der Waals surface area (Å²) in [6, 6.07) is 2.80. The van der Waals surface area contributed by atoms with Gasteiger partial charge in [-0.3, -0.25) is 4.79 Å². The molecule has 1 spiro atoms. The molecule has 3 amide bonds. The van der Waals surface area contributed by atoms with Crippen LogP contribution in [0.25, 0.3) is 0 Å². The molecule has 1 aromatic rings. The van der Waals surface area contributed by atoms with Crippen LogP contribution in [0.4, 0.5) is 14.9 Å². The number of urea groups is 1. The van der Waals surface area contributed by atoms with Gasteiger partial charge in [0.05, 0.1) is 30.3 Å². The molecule has 1 aromatic carbocycles. The van der Waals surface area contributed by atoms with Crippen LogP contribution in [0.2, 0.25) is 5.02 Å². The number of hydrogen-bond donors (Lipinski definition) is 2. The number of nitrogens with zero attached hydrogens (tertiary/aromatic N) is 3. The van der Waals surface area contributed by atoms with Crippen LogP contribution in [-0.4, -0.2) is 88.9 Å². The molecule has 4 fully saturated rings. The number of anilines is 1. The highest BCUT2D eigenvalue weighted by molar-refractivity contribution is 6.31. The van der Waals surface area contributed by atoms with Crippen LogP contribution in [0, 0.1) is 11.2 Å². The highest BCUT2D eigenvalue weighted by atomic mass is 35.5. The van der Waals surface area contributed by atoms with Crippen molar-refractivity contribution in [3.63, 3.8) is 0 Å². The Labute approximate surface area is 197 Å². The third-order valence-electron chi connectivity index (χ3n) is 7.78. The van der Waals surface area contributed by atoms with Crippen LogP contribution in [-0.2, 0) is 9.53 Å². The first kappa shape index (κ1) is 22.8. The number of likely N-dealkylation sites (tertiary alicyclic amines) is 1. The van der Waals surface area contributed by atoms with Crippen LogP contribution in [0.15, 0.2) is 18.2 Å². The molecule has 3 aliphatic heterocycles. The number of ether oxygens (including phenoxy) is 1. The Morgan fingerprint density at radius 1 is 1.33 bits per heavy atom. The van der Waals surface area contributed by atoms with Crippen LogP contribution < -0.4 is 5.32 Å². The first-order valence-corrected chi connectivity index (χ1v) is 12.0. The number of hydrogen-bond acceptors (Lipinski definition) is 5. The first-order valence-electron chi connectivity index (χ1n) is 11.6. The molecule has 0 aromatic heterocycles. The molecule has 2 N–H and O–H groups in total. The number of benzene rings is 1. The molecule has 3 saturated heterocycles. The van der Waals surface area contributed by atoms with E-state index in [1.807, 2.05) is 0 Å². The number of halogens is 2. The van der Waals surface area contributed by atoms with E-state index >= 15 is 0 Å². The van der Waals surface area contributed by atoms with Crippen molar-refractivity contribution in [2.24, 2.45) is 5.41 Å². The van der Waals surface area contributed by atoms with Crippen molar-refractivity contribution in [3.05, 3.63) is 29.0 Å². The zero-order chi connectivity index (χ0) is 23.3. The molecular formula is C23H30ClFN4O4. The van der Waals surface area contributed by atoms with Gasteiger partial charge in [0.25, 0.3) is 0 Å². The highest BCUT2D eigenvalue weighted by Gasteiger charge is 2.51. The van der Waals surface area contributed by atoms with E-state index in [0.29, 0.717) is 18.8 Å². The number of carbonyl (C=O) groups excluding carboxylic acids is 2. The van der Waals surface area contributed by atoms with Gasteiger partial charge in [0.1, 0.15) is 11.9 Å². The Morgan fingerprint density at radius 3 is 2.82 bits per heavy atom. The van der Waals surface area contributed by atoms with Crippen molar-refractivity contribution < 1.29 is 23.8 Å². The van der Waals surface area contributed by atoms with E-state index in [9.17, 15) is 19.1 Å². The number of rotatable bonds is 4. The Morgan fingerprint density at radius 2 is 2.12 bits per heavy atom. The van der Waals surface area contributed by atoms with E-state index in [1.165, 1.54) is 23.1 Å². The number of nitrogens with one attached hydrogen (secondary N) is 1. The Hall–Kier alpha value is -1.94. The van der Waals surface area contributed by atoms with Crippen LogP contribution in [0.3, 0.4) is 0 Å². The van der Waals surface area contributed by atoms with Crippen molar-refractivity contribution in [1.82, 2.24) is 14.7 Å². The van der Waals surface area contributed by atoms with Gasteiger partial charge >= 0.3 is 6.03 Å². The molecule has 1 unspecified atom stereocenters. The van der Waals surface area contributed by atoms with Crippen LogP contribution in [0.1, 0.15) is 32.6 Å². The number of aliphatic hydroxyl groups excluding tert-OH is 1. The SMILES string of the molecule is C[C@H]1C(=O)N2C(CN1C(=O)Nc1ccc(F)c(Cl)c1)OC[C@@H]2CCN1CCC2(CC2)[C@H](O)C1. The summed E-state index contributed by atoms with van der Waals surface area (Å²) in [6.45, 7) is 4.90. The molecular weight excluding hydrogens is 451 g/mol. The molecule has 1 saturated carbocycles. The van der Waals surface area contributed by atoms with Gasteiger partial charge in [-0.25, -0.2) is 9.18 Å². The predicted octanol–water partition coefficient (Wildman–Crippen LogP) is 2.51. The number of amides is 3. The average molecular weight is 481 g/mol. The fraction of sp³-hybridized carbons (Fsp3) is 0.652. The third-order valence-corrected chi connectivity index (χ3v) is 8.07. The summed E-state index contributed by atoms with van der Waals surface area (Å²) in [7, 11) is 0. The maximum absolute atomic E-state index is 13.4. The second-order valence-electron chi connectivity index (χ2n) is 9.79. The molecule has 1 aliphatic carbocycles. The largest absolute Gasteiger partial charge is 0.391 e. The summed E-state index contributed by atoms with van der Waals surface area (Å²) in [5, 5.41) is 13.0. The lowest BCUT2D eigenvalue weighted by Crippen LogP contribution is -2.63. The molecule has 10 heteroatoms. The Balaban J connectivity index is 1.17. The predicted molar refractivity (Wildman–Crippen MR) is 120 cm³/mol. The van der Waals surface area contributed by atoms with Crippen LogP contribution in [0.5, 0.6) is 0 Å². The van der Waals surface area contributed by atoms with Gasteiger partial charge in [-0.15, -0.1) is 0 Å². The normalized spacial score (nSPS) is 31.1. The van der Waals surface area contributed by atoms with Gasteiger partial charge in [0.2, 0.25) is 5.91 Å². The minimum atomic E-state index is -0.645. The van der Waals surface area contributed by atoms with Crippen molar-refractivity contribution >= 4 is 29.2 Å². The maximum Gasteiger partial charge on any atom is 0.322 e. The van der Waals surface area contributed by atoms with Crippen molar-refractivity contribution in [2.75, 3.05) is 38.1 Å². The minimum Gasteiger partial charge on any atom is -0.391 e. The first-order chi connectivity index (χ1) is 15.8. The molecule has 8 nitrogen and oxygen atoms in total. The van der Waals surface area contributed by atoms with E-state index in [1.54, 1.807) is 11.8 Å². The maximum atomic E-state index is 13.4.